The normalized spacial score (nSPS) is 10.8. The minimum Gasteiger partial charge on any atom is -0.467 e. The minimum absolute atomic E-state index is 0.201. The van der Waals surface area contributed by atoms with Gasteiger partial charge in [0, 0.05) is 27.7 Å². The number of rotatable bonds is 8. The number of fused-ring (bicyclic) bond motifs is 1. The van der Waals surface area contributed by atoms with E-state index in [9.17, 15) is 0 Å². The number of anilines is 1. The van der Waals surface area contributed by atoms with Crippen LogP contribution >= 0.6 is 15.9 Å². The molecule has 1 N–H and O–H groups in total. The molecule has 0 atom stereocenters. The second-order valence-electron chi connectivity index (χ2n) is 6.73. The lowest BCUT2D eigenvalue weighted by Crippen LogP contribution is -2.07. The Hall–Kier alpha value is -2.82. The minimum atomic E-state index is 0.201. The number of halogens is 1. The van der Waals surface area contributed by atoms with Gasteiger partial charge in [-0.2, -0.15) is 0 Å². The first-order valence-corrected chi connectivity index (χ1v) is 10.3. The summed E-state index contributed by atoms with van der Waals surface area (Å²) in [6.45, 7) is 1.39. The van der Waals surface area contributed by atoms with E-state index in [1.165, 1.54) is 10.8 Å². The maximum Gasteiger partial charge on any atom is 0.189 e. The zero-order chi connectivity index (χ0) is 19.9. The number of hydrogen-bond acceptors (Lipinski definition) is 3. The lowest BCUT2D eigenvalue weighted by atomic mass is 10.1. The maximum atomic E-state index is 5.92. The van der Waals surface area contributed by atoms with Crippen LogP contribution in [0.1, 0.15) is 11.1 Å². The van der Waals surface area contributed by atoms with E-state index < -0.39 is 0 Å². The Morgan fingerprint density at radius 2 is 1.59 bits per heavy atom. The predicted molar refractivity (Wildman–Crippen MR) is 122 cm³/mol. The van der Waals surface area contributed by atoms with E-state index in [0.29, 0.717) is 13.2 Å². The van der Waals surface area contributed by atoms with Crippen molar-refractivity contribution in [3.05, 3.63) is 107 Å². The average molecular weight is 448 g/mol. The van der Waals surface area contributed by atoms with E-state index in [4.69, 9.17) is 9.47 Å². The summed E-state index contributed by atoms with van der Waals surface area (Å²) in [5.41, 5.74) is 3.31. The Labute approximate surface area is 179 Å². The number of ether oxygens (including phenoxy) is 2. The summed E-state index contributed by atoms with van der Waals surface area (Å²) < 4.78 is 12.6. The van der Waals surface area contributed by atoms with Gasteiger partial charge in [-0.15, -0.1) is 0 Å². The van der Waals surface area contributed by atoms with Crippen LogP contribution in [0, 0.1) is 0 Å². The molecule has 4 heteroatoms. The number of benzene rings is 4. The predicted octanol–water partition coefficient (Wildman–Crippen LogP) is 6.77. The van der Waals surface area contributed by atoms with Crippen LogP contribution in [0.3, 0.4) is 0 Å². The Kier molecular flexibility index (Phi) is 6.45. The van der Waals surface area contributed by atoms with Gasteiger partial charge in [-0.1, -0.05) is 88.7 Å². The lowest BCUT2D eigenvalue weighted by Gasteiger charge is -2.15. The third kappa shape index (κ3) is 5.17. The molecule has 0 bridgehead atoms. The molecule has 3 nitrogen and oxygen atoms in total. The van der Waals surface area contributed by atoms with Gasteiger partial charge >= 0.3 is 0 Å². The van der Waals surface area contributed by atoms with Gasteiger partial charge in [0.15, 0.2) is 6.79 Å². The average Bonchev–Trinajstić information content (AvgIpc) is 2.77. The molecule has 0 unspecified atom stereocenters. The maximum absolute atomic E-state index is 5.92. The molecule has 4 aromatic rings. The summed E-state index contributed by atoms with van der Waals surface area (Å²) in [4.78, 5) is 0. The van der Waals surface area contributed by atoms with Crippen molar-refractivity contribution in [2.75, 3.05) is 12.1 Å². The molecule has 4 rings (SSSR count). The molecule has 0 saturated heterocycles. The smallest absolute Gasteiger partial charge is 0.189 e. The van der Waals surface area contributed by atoms with Crippen LogP contribution in [0.5, 0.6) is 5.75 Å². The standard InChI is InChI=1S/C25H22BrNO2/c26-22-14-13-21(16-27-24-12-6-10-20-9-4-5-11-23(20)24)25(15-22)29-18-28-17-19-7-2-1-3-8-19/h1-15,27H,16-18H2. The fraction of sp³-hybridized carbons (Fsp3) is 0.120. The molecule has 0 aliphatic rings. The molecule has 0 heterocycles. The van der Waals surface area contributed by atoms with Gasteiger partial charge in [0.2, 0.25) is 0 Å². The van der Waals surface area contributed by atoms with Crippen molar-refractivity contribution in [1.29, 1.82) is 0 Å². The molecule has 146 valence electrons. The third-order valence-corrected chi connectivity index (χ3v) is 5.19. The molecule has 0 saturated carbocycles. The summed E-state index contributed by atoms with van der Waals surface area (Å²) in [5, 5.41) is 5.97. The molecule has 0 aliphatic heterocycles. The van der Waals surface area contributed by atoms with Crippen LogP contribution in [0.2, 0.25) is 0 Å². The van der Waals surface area contributed by atoms with E-state index in [1.807, 2.05) is 42.5 Å². The summed E-state index contributed by atoms with van der Waals surface area (Å²) in [7, 11) is 0. The van der Waals surface area contributed by atoms with E-state index in [2.05, 4.69) is 69.8 Å². The van der Waals surface area contributed by atoms with E-state index in [0.717, 1.165) is 27.0 Å². The molecule has 0 aliphatic carbocycles. The quantitative estimate of drug-likeness (QED) is 0.238. The van der Waals surface area contributed by atoms with Crippen LogP contribution in [0.15, 0.2) is 95.5 Å². The first-order valence-electron chi connectivity index (χ1n) is 9.54. The van der Waals surface area contributed by atoms with Crippen molar-refractivity contribution in [3.8, 4) is 5.75 Å². The Bertz CT molecular complexity index is 1080. The molecule has 0 aromatic heterocycles. The fourth-order valence-corrected chi connectivity index (χ4v) is 3.56. The highest BCUT2D eigenvalue weighted by molar-refractivity contribution is 9.10. The SMILES string of the molecule is Brc1ccc(CNc2cccc3ccccc23)c(OCOCc2ccccc2)c1. The highest BCUT2D eigenvalue weighted by Gasteiger charge is 2.07. The second-order valence-corrected chi connectivity index (χ2v) is 7.64. The number of hydrogen-bond donors (Lipinski definition) is 1. The van der Waals surface area contributed by atoms with Crippen molar-refractivity contribution in [2.24, 2.45) is 0 Å². The van der Waals surface area contributed by atoms with E-state index in [1.54, 1.807) is 0 Å². The monoisotopic (exact) mass is 447 g/mol. The van der Waals surface area contributed by atoms with Crippen molar-refractivity contribution in [2.45, 2.75) is 13.2 Å². The molecular weight excluding hydrogens is 426 g/mol. The molecule has 29 heavy (non-hydrogen) atoms. The van der Waals surface area contributed by atoms with Crippen molar-refractivity contribution < 1.29 is 9.47 Å². The van der Waals surface area contributed by atoms with Gasteiger partial charge in [0.1, 0.15) is 5.75 Å². The Morgan fingerprint density at radius 3 is 2.48 bits per heavy atom. The highest BCUT2D eigenvalue weighted by atomic mass is 79.9. The zero-order valence-corrected chi connectivity index (χ0v) is 17.6. The van der Waals surface area contributed by atoms with E-state index in [-0.39, 0.29) is 6.79 Å². The van der Waals surface area contributed by atoms with Gasteiger partial charge in [0.25, 0.3) is 0 Å². The molecule has 0 fully saturated rings. The summed E-state index contributed by atoms with van der Waals surface area (Å²) in [6, 6.07) is 30.8. The number of nitrogens with one attached hydrogen (secondary N) is 1. The Balaban J connectivity index is 1.41. The summed E-state index contributed by atoms with van der Waals surface area (Å²) >= 11 is 3.53. The molecule has 0 spiro atoms. The van der Waals surface area contributed by atoms with Crippen molar-refractivity contribution in [1.82, 2.24) is 0 Å². The summed E-state index contributed by atoms with van der Waals surface area (Å²) in [5.74, 6) is 0.806. The molecular formula is C25H22BrNO2. The van der Waals surface area contributed by atoms with Crippen LogP contribution in [-0.2, 0) is 17.9 Å². The van der Waals surface area contributed by atoms with E-state index >= 15 is 0 Å². The first-order chi connectivity index (χ1) is 14.3. The second kappa shape index (κ2) is 9.59. The molecule has 0 radical (unpaired) electrons. The van der Waals surface area contributed by atoms with Gasteiger partial charge in [-0.05, 0) is 29.1 Å². The van der Waals surface area contributed by atoms with Crippen LogP contribution in [0.4, 0.5) is 5.69 Å². The Morgan fingerprint density at radius 1 is 0.793 bits per heavy atom. The third-order valence-electron chi connectivity index (χ3n) is 4.70. The van der Waals surface area contributed by atoms with Crippen LogP contribution in [-0.4, -0.2) is 6.79 Å². The van der Waals surface area contributed by atoms with Gasteiger partial charge < -0.3 is 14.8 Å². The van der Waals surface area contributed by atoms with Crippen molar-refractivity contribution in [3.63, 3.8) is 0 Å². The molecule has 0 amide bonds. The highest BCUT2D eigenvalue weighted by Crippen LogP contribution is 2.27. The van der Waals surface area contributed by atoms with Gasteiger partial charge in [0.05, 0.1) is 6.61 Å². The summed E-state index contributed by atoms with van der Waals surface area (Å²) in [6.07, 6.45) is 0. The van der Waals surface area contributed by atoms with Crippen molar-refractivity contribution >= 4 is 32.4 Å². The topological polar surface area (TPSA) is 30.5 Å². The largest absolute Gasteiger partial charge is 0.467 e. The van der Waals surface area contributed by atoms with Gasteiger partial charge in [-0.25, -0.2) is 0 Å². The lowest BCUT2D eigenvalue weighted by molar-refractivity contribution is 0.00455. The zero-order valence-electron chi connectivity index (χ0n) is 16.0. The fourth-order valence-electron chi connectivity index (χ4n) is 3.22. The van der Waals surface area contributed by atoms with Gasteiger partial charge in [-0.3, -0.25) is 0 Å². The van der Waals surface area contributed by atoms with Crippen LogP contribution < -0.4 is 10.1 Å². The van der Waals surface area contributed by atoms with Crippen LogP contribution in [0.25, 0.3) is 10.8 Å². The molecule has 4 aromatic carbocycles. The first kappa shape index (κ1) is 19.5.